The molecule has 0 radical (unpaired) electrons. The van der Waals surface area contributed by atoms with Crippen molar-refractivity contribution in [3.8, 4) is 0 Å². The van der Waals surface area contributed by atoms with E-state index < -0.39 is 10.0 Å². The quantitative estimate of drug-likeness (QED) is 0.539. The molecule has 2 aromatic rings. The monoisotopic (exact) mass is 479 g/mol. The molecule has 174 valence electrons. The van der Waals surface area contributed by atoms with Gasteiger partial charge in [0, 0.05) is 41.7 Å². The fourth-order valence-electron chi connectivity index (χ4n) is 3.75. The van der Waals surface area contributed by atoms with E-state index in [0.717, 1.165) is 49.6 Å². The zero-order valence-electron chi connectivity index (χ0n) is 18.4. The van der Waals surface area contributed by atoms with Gasteiger partial charge in [-0.05, 0) is 82.1 Å². The fourth-order valence-corrected chi connectivity index (χ4v) is 4.99. The minimum atomic E-state index is -3.53. The van der Waals surface area contributed by atoms with E-state index in [1.807, 2.05) is 26.0 Å². The Labute approximate surface area is 194 Å². The number of halogens is 1. The number of anilines is 1. The molecule has 2 amide bonds. The predicted octanol–water partition coefficient (Wildman–Crippen LogP) is 3.16. The summed E-state index contributed by atoms with van der Waals surface area (Å²) >= 11 is 5.83. The van der Waals surface area contributed by atoms with Gasteiger partial charge in [-0.3, -0.25) is 4.98 Å². The van der Waals surface area contributed by atoms with Crippen LogP contribution in [0.4, 0.5) is 10.5 Å². The molecule has 8 nitrogen and oxygen atoms in total. The van der Waals surface area contributed by atoms with Gasteiger partial charge in [-0.2, -0.15) is 0 Å². The second-order valence-corrected chi connectivity index (χ2v) is 10.3. The number of carbonyl (C=O) groups is 1. The molecular weight excluding hydrogens is 450 g/mol. The number of aryl methyl sites for hydroxylation is 2. The van der Waals surface area contributed by atoms with Crippen LogP contribution in [0.2, 0.25) is 5.02 Å². The van der Waals surface area contributed by atoms with Gasteiger partial charge >= 0.3 is 6.03 Å². The Balaban J connectivity index is 1.34. The topological polar surface area (TPSA) is 103 Å². The number of nitrogens with one attached hydrogen (secondary N) is 3. The van der Waals surface area contributed by atoms with E-state index in [2.05, 4.69) is 25.2 Å². The number of benzene rings is 1. The lowest BCUT2D eigenvalue weighted by Gasteiger charge is -2.32. The highest BCUT2D eigenvalue weighted by atomic mass is 35.5. The second-order valence-electron chi connectivity index (χ2n) is 8.11. The van der Waals surface area contributed by atoms with Crippen molar-refractivity contribution >= 4 is 33.3 Å². The van der Waals surface area contributed by atoms with Crippen LogP contribution in [0.25, 0.3) is 0 Å². The van der Waals surface area contributed by atoms with Gasteiger partial charge < -0.3 is 15.5 Å². The molecule has 0 saturated carbocycles. The number of hydrogen-bond acceptors (Lipinski definition) is 5. The van der Waals surface area contributed by atoms with E-state index in [0.29, 0.717) is 24.0 Å². The number of pyridine rings is 1. The molecule has 1 saturated heterocycles. The van der Waals surface area contributed by atoms with Crippen molar-refractivity contribution in [2.45, 2.75) is 31.6 Å². The zero-order chi connectivity index (χ0) is 23.1. The summed E-state index contributed by atoms with van der Waals surface area (Å²) in [5, 5.41) is 6.22. The van der Waals surface area contributed by atoms with Gasteiger partial charge in [0.25, 0.3) is 0 Å². The number of piperidine rings is 1. The normalized spacial score (nSPS) is 15.5. The molecule has 0 aliphatic carbocycles. The summed E-state index contributed by atoms with van der Waals surface area (Å²) in [6, 6.07) is 9.59. The van der Waals surface area contributed by atoms with Crippen molar-refractivity contribution in [1.82, 2.24) is 19.9 Å². The number of sulfonamides is 1. The molecule has 1 fully saturated rings. The first-order chi connectivity index (χ1) is 15.2. The van der Waals surface area contributed by atoms with Gasteiger partial charge in [-0.25, -0.2) is 17.9 Å². The van der Waals surface area contributed by atoms with Crippen LogP contribution in [0.1, 0.15) is 24.2 Å². The van der Waals surface area contributed by atoms with Gasteiger partial charge in [0.2, 0.25) is 10.0 Å². The first-order valence-electron chi connectivity index (χ1n) is 10.7. The third-order valence-electron chi connectivity index (χ3n) is 5.45. The summed E-state index contributed by atoms with van der Waals surface area (Å²) in [5.41, 5.74) is 2.45. The summed E-state index contributed by atoms with van der Waals surface area (Å²) in [6.07, 6.45) is 1.82. The Bertz CT molecular complexity index is 1000. The van der Waals surface area contributed by atoms with E-state index in [4.69, 9.17) is 11.6 Å². The first kappa shape index (κ1) is 24.4. The molecule has 10 heteroatoms. The molecule has 1 aromatic carbocycles. The molecule has 1 aromatic heterocycles. The smallest absolute Gasteiger partial charge is 0.319 e. The molecule has 0 spiro atoms. The van der Waals surface area contributed by atoms with Gasteiger partial charge in [-0.1, -0.05) is 11.6 Å². The van der Waals surface area contributed by atoms with Crippen molar-refractivity contribution in [2.75, 3.05) is 38.0 Å². The van der Waals surface area contributed by atoms with Gasteiger partial charge in [0.05, 0.1) is 4.90 Å². The molecule has 0 bridgehead atoms. The Morgan fingerprint density at radius 3 is 2.38 bits per heavy atom. The molecule has 0 atom stereocenters. The van der Waals surface area contributed by atoms with Crippen LogP contribution in [0.3, 0.4) is 0 Å². The minimum absolute atomic E-state index is 0.223. The Morgan fingerprint density at radius 2 is 1.75 bits per heavy atom. The van der Waals surface area contributed by atoms with Crippen molar-refractivity contribution < 1.29 is 13.2 Å². The molecule has 2 heterocycles. The highest BCUT2D eigenvalue weighted by molar-refractivity contribution is 7.89. The van der Waals surface area contributed by atoms with Crippen LogP contribution in [0, 0.1) is 19.8 Å². The standard InChI is InChI=1S/C22H30ClN5O3S/c1-16-13-20(14-17(2)26-16)27-22(29)24-9-12-28-10-7-18(8-11-28)15-25-32(30,31)21-5-3-19(23)4-6-21/h3-6,13-14,18,25H,7-12,15H2,1-2H3,(H2,24,26,27,29). The average molecular weight is 480 g/mol. The van der Waals surface area contributed by atoms with Crippen LogP contribution in [0.5, 0.6) is 0 Å². The number of likely N-dealkylation sites (tertiary alicyclic amines) is 1. The maximum Gasteiger partial charge on any atom is 0.319 e. The SMILES string of the molecule is Cc1cc(NC(=O)NCCN2CCC(CNS(=O)(=O)c3ccc(Cl)cc3)CC2)cc(C)n1. The Hall–Kier alpha value is -2.20. The average Bonchev–Trinajstić information content (AvgIpc) is 2.73. The summed E-state index contributed by atoms with van der Waals surface area (Å²) in [7, 11) is -3.53. The first-order valence-corrected chi connectivity index (χ1v) is 12.5. The maximum atomic E-state index is 12.4. The fraction of sp³-hybridized carbons (Fsp3) is 0.455. The molecular formula is C22H30ClN5O3S. The molecule has 3 N–H and O–H groups in total. The third kappa shape index (κ3) is 7.44. The summed E-state index contributed by atoms with van der Waals surface area (Å²) in [5.74, 6) is 0.294. The van der Waals surface area contributed by atoms with Crippen LogP contribution in [-0.4, -0.2) is 57.1 Å². The summed E-state index contributed by atoms with van der Waals surface area (Å²) in [6.45, 7) is 7.25. The Kier molecular flexibility index (Phi) is 8.47. The van der Waals surface area contributed by atoms with Crippen LogP contribution in [0.15, 0.2) is 41.3 Å². The number of amides is 2. The lowest BCUT2D eigenvalue weighted by molar-refractivity contribution is 0.186. The van der Waals surface area contributed by atoms with Crippen LogP contribution < -0.4 is 15.4 Å². The number of carbonyl (C=O) groups excluding carboxylic acids is 1. The molecule has 0 unspecified atom stereocenters. The number of aromatic nitrogens is 1. The zero-order valence-corrected chi connectivity index (χ0v) is 20.0. The molecule has 3 rings (SSSR count). The third-order valence-corrected chi connectivity index (χ3v) is 7.14. The van der Waals surface area contributed by atoms with Gasteiger partial charge in [-0.15, -0.1) is 0 Å². The number of rotatable bonds is 8. The highest BCUT2D eigenvalue weighted by Crippen LogP contribution is 2.18. The lowest BCUT2D eigenvalue weighted by atomic mass is 9.97. The minimum Gasteiger partial charge on any atom is -0.337 e. The van der Waals surface area contributed by atoms with Crippen LogP contribution >= 0.6 is 11.6 Å². The summed E-state index contributed by atoms with van der Waals surface area (Å²) in [4.78, 5) is 18.9. The van der Waals surface area contributed by atoms with Crippen molar-refractivity contribution in [2.24, 2.45) is 5.92 Å². The highest BCUT2D eigenvalue weighted by Gasteiger charge is 2.22. The summed E-state index contributed by atoms with van der Waals surface area (Å²) < 4.78 is 27.5. The van der Waals surface area contributed by atoms with Crippen molar-refractivity contribution in [3.63, 3.8) is 0 Å². The van der Waals surface area contributed by atoms with E-state index in [9.17, 15) is 13.2 Å². The van der Waals surface area contributed by atoms with Crippen molar-refractivity contribution in [1.29, 1.82) is 0 Å². The number of urea groups is 1. The maximum absolute atomic E-state index is 12.4. The van der Waals surface area contributed by atoms with Crippen molar-refractivity contribution in [3.05, 3.63) is 52.8 Å². The number of hydrogen-bond donors (Lipinski definition) is 3. The largest absolute Gasteiger partial charge is 0.337 e. The molecule has 1 aliphatic heterocycles. The molecule has 32 heavy (non-hydrogen) atoms. The van der Waals surface area contributed by atoms with Gasteiger partial charge in [0.1, 0.15) is 0 Å². The van der Waals surface area contributed by atoms with Gasteiger partial charge in [0.15, 0.2) is 0 Å². The number of nitrogens with zero attached hydrogens (tertiary/aromatic N) is 2. The predicted molar refractivity (Wildman–Crippen MR) is 127 cm³/mol. The second kappa shape index (κ2) is 11.1. The van der Waals surface area contributed by atoms with E-state index in [-0.39, 0.29) is 10.9 Å². The molecule has 1 aliphatic rings. The Morgan fingerprint density at radius 1 is 1.12 bits per heavy atom. The van der Waals surface area contributed by atoms with E-state index in [1.165, 1.54) is 12.1 Å². The van der Waals surface area contributed by atoms with Crippen LogP contribution in [-0.2, 0) is 10.0 Å². The lowest BCUT2D eigenvalue weighted by Crippen LogP contribution is -2.42. The van der Waals surface area contributed by atoms with E-state index in [1.54, 1.807) is 12.1 Å². The van der Waals surface area contributed by atoms with E-state index >= 15 is 0 Å².